The van der Waals surface area contributed by atoms with E-state index in [4.69, 9.17) is 4.74 Å². The third-order valence-corrected chi connectivity index (χ3v) is 7.35. The number of ether oxygens (including phenoxy) is 1. The molecule has 3 rings (SSSR count). The zero-order valence-electron chi connectivity index (χ0n) is 19.2. The van der Waals surface area contributed by atoms with Gasteiger partial charge >= 0.3 is 0 Å². The Morgan fingerprint density at radius 1 is 1.06 bits per heavy atom. The number of methoxy groups -OCH3 is 1. The fourth-order valence-electron chi connectivity index (χ4n) is 4.00. The Morgan fingerprint density at radius 2 is 1.67 bits per heavy atom. The van der Waals surface area contributed by atoms with E-state index in [9.17, 15) is 18.0 Å². The molecule has 1 aliphatic heterocycles. The first-order valence-corrected chi connectivity index (χ1v) is 12.5. The van der Waals surface area contributed by atoms with Gasteiger partial charge in [-0.1, -0.05) is 12.1 Å². The standard InChI is InChI=1S/C24H31N3O5S/c1-17(26-33(30,31)23-10-6-21(7-11-23)25-18(2)28)24(29)27-14-12-20(13-15-27)16-19-4-8-22(32-3)9-5-19/h4-11,17,20,26H,12-16H2,1-3H3,(H,25,28)/t17-/m0/s1. The van der Waals surface area contributed by atoms with Gasteiger partial charge in [0, 0.05) is 25.7 Å². The number of hydrogen-bond donors (Lipinski definition) is 2. The van der Waals surface area contributed by atoms with Crippen molar-refractivity contribution >= 4 is 27.5 Å². The monoisotopic (exact) mass is 473 g/mol. The van der Waals surface area contributed by atoms with Crippen LogP contribution in [0.4, 0.5) is 5.69 Å². The molecule has 0 aromatic heterocycles. The quantitative estimate of drug-likeness (QED) is 0.613. The second kappa shape index (κ2) is 10.8. The van der Waals surface area contributed by atoms with Crippen LogP contribution in [0.1, 0.15) is 32.3 Å². The van der Waals surface area contributed by atoms with Gasteiger partial charge in [0.15, 0.2) is 0 Å². The summed E-state index contributed by atoms with van der Waals surface area (Å²) in [6.45, 7) is 4.16. The SMILES string of the molecule is COc1ccc(CC2CCN(C(=O)[C@H](C)NS(=O)(=O)c3ccc(NC(C)=O)cc3)CC2)cc1. The largest absolute Gasteiger partial charge is 0.497 e. The molecule has 0 bridgehead atoms. The van der Waals surface area contributed by atoms with E-state index in [2.05, 4.69) is 22.2 Å². The van der Waals surface area contributed by atoms with Crippen LogP contribution in [-0.2, 0) is 26.0 Å². The first-order valence-electron chi connectivity index (χ1n) is 11.0. The van der Waals surface area contributed by atoms with E-state index in [1.165, 1.54) is 36.8 Å². The van der Waals surface area contributed by atoms with Gasteiger partial charge in [-0.3, -0.25) is 9.59 Å². The van der Waals surface area contributed by atoms with Crippen LogP contribution >= 0.6 is 0 Å². The summed E-state index contributed by atoms with van der Waals surface area (Å²) in [4.78, 5) is 25.7. The number of piperidine rings is 1. The Labute approximate surface area is 195 Å². The van der Waals surface area contributed by atoms with E-state index in [-0.39, 0.29) is 16.7 Å². The number of carbonyl (C=O) groups is 2. The molecule has 0 radical (unpaired) electrons. The van der Waals surface area contributed by atoms with Crippen LogP contribution in [0.3, 0.4) is 0 Å². The van der Waals surface area contributed by atoms with Crippen LogP contribution in [0.5, 0.6) is 5.75 Å². The summed E-state index contributed by atoms with van der Waals surface area (Å²) < 4.78 is 33.0. The Kier molecular flexibility index (Phi) is 8.10. The predicted molar refractivity (Wildman–Crippen MR) is 127 cm³/mol. The molecule has 2 aromatic carbocycles. The van der Waals surface area contributed by atoms with Gasteiger partial charge < -0.3 is 15.0 Å². The number of sulfonamides is 1. The molecule has 2 N–H and O–H groups in total. The van der Waals surface area contributed by atoms with E-state index < -0.39 is 16.1 Å². The summed E-state index contributed by atoms with van der Waals surface area (Å²) in [5.41, 5.74) is 1.74. The molecule has 1 saturated heterocycles. The number of nitrogens with one attached hydrogen (secondary N) is 2. The number of rotatable bonds is 8. The maximum Gasteiger partial charge on any atom is 0.241 e. The minimum Gasteiger partial charge on any atom is -0.497 e. The summed E-state index contributed by atoms with van der Waals surface area (Å²) in [6, 6.07) is 13.0. The van der Waals surface area contributed by atoms with E-state index in [0.717, 1.165) is 25.0 Å². The van der Waals surface area contributed by atoms with E-state index in [1.54, 1.807) is 18.9 Å². The van der Waals surface area contributed by atoms with Crippen molar-refractivity contribution in [3.05, 3.63) is 54.1 Å². The predicted octanol–water partition coefficient (Wildman–Crippen LogP) is 2.80. The second-order valence-electron chi connectivity index (χ2n) is 8.37. The lowest BCUT2D eigenvalue weighted by molar-refractivity contribution is -0.134. The molecule has 9 heteroatoms. The van der Waals surface area contributed by atoms with Crippen LogP contribution < -0.4 is 14.8 Å². The molecule has 33 heavy (non-hydrogen) atoms. The highest BCUT2D eigenvalue weighted by Crippen LogP contribution is 2.23. The highest BCUT2D eigenvalue weighted by molar-refractivity contribution is 7.89. The minimum absolute atomic E-state index is 0.0365. The van der Waals surface area contributed by atoms with Gasteiger partial charge in [-0.2, -0.15) is 4.72 Å². The van der Waals surface area contributed by atoms with Crippen molar-refractivity contribution in [2.45, 2.75) is 44.0 Å². The van der Waals surface area contributed by atoms with Crippen LogP contribution in [0.15, 0.2) is 53.4 Å². The topological polar surface area (TPSA) is 105 Å². The number of carbonyl (C=O) groups excluding carboxylic acids is 2. The molecule has 0 unspecified atom stereocenters. The second-order valence-corrected chi connectivity index (χ2v) is 10.1. The van der Waals surface area contributed by atoms with Crippen LogP contribution in [0, 0.1) is 5.92 Å². The molecule has 178 valence electrons. The zero-order chi connectivity index (χ0) is 24.0. The first kappa shape index (κ1) is 24.7. The summed E-state index contributed by atoms with van der Waals surface area (Å²) in [6.07, 6.45) is 2.70. The first-order chi connectivity index (χ1) is 15.7. The van der Waals surface area contributed by atoms with E-state index >= 15 is 0 Å². The highest BCUT2D eigenvalue weighted by Gasteiger charge is 2.29. The minimum atomic E-state index is -3.87. The van der Waals surface area contributed by atoms with Crippen LogP contribution in [0.2, 0.25) is 0 Å². The van der Waals surface area contributed by atoms with Crippen molar-refractivity contribution in [1.82, 2.24) is 9.62 Å². The Hall–Kier alpha value is -2.91. The Bertz CT molecular complexity index is 1060. The third-order valence-electron chi connectivity index (χ3n) is 5.80. The van der Waals surface area contributed by atoms with Crippen molar-refractivity contribution in [2.24, 2.45) is 5.92 Å². The Morgan fingerprint density at radius 3 is 2.21 bits per heavy atom. The van der Waals surface area contributed by atoms with Gasteiger partial charge in [-0.15, -0.1) is 0 Å². The lowest BCUT2D eigenvalue weighted by atomic mass is 9.90. The smallest absolute Gasteiger partial charge is 0.241 e. The summed E-state index contributed by atoms with van der Waals surface area (Å²) in [7, 11) is -2.22. The lowest BCUT2D eigenvalue weighted by Gasteiger charge is -2.33. The summed E-state index contributed by atoms with van der Waals surface area (Å²) in [5.74, 6) is 0.850. The van der Waals surface area contributed by atoms with Gasteiger partial charge in [0.1, 0.15) is 5.75 Å². The average molecular weight is 474 g/mol. The molecular formula is C24H31N3O5S. The number of likely N-dealkylation sites (tertiary alicyclic amines) is 1. The van der Waals surface area contributed by atoms with Crippen LogP contribution in [-0.4, -0.2) is 51.4 Å². The van der Waals surface area contributed by atoms with E-state index in [0.29, 0.717) is 24.7 Å². The number of nitrogens with zero attached hydrogens (tertiary/aromatic N) is 1. The van der Waals surface area contributed by atoms with Crippen molar-refractivity contribution < 1.29 is 22.7 Å². The van der Waals surface area contributed by atoms with Crippen LogP contribution in [0.25, 0.3) is 0 Å². The lowest BCUT2D eigenvalue weighted by Crippen LogP contribution is -2.49. The summed E-state index contributed by atoms with van der Waals surface area (Å²) >= 11 is 0. The molecular weight excluding hydrogens is 442 g/mol. The van der Waals surface area contributed by atoms with Crippen molar-refractivity contribution in [2.75, 3.05) is 25.5 Å². The summed E-state index contributed by atoms with van der Waals surface area (Å²) in [5, 5.41) is 2.59. The number of benzene rings is 2. The number of hydrogen-bond acceptors (Lipinski definition) is 5. The molecule has 1 atom stereocenters. The normalized spacial score (nSPS) is 15.7. The van der Waals surface area contributed by atoms with Gasteiger partial charge in [0.25, 0.3) is 0 Å². The van der Waals surface area contributed by atoms with Gasteiger partial charge in [0.05, 0.1) is 18.0 Å². The molecule has 0 spiro atoms. The molecule has 1 fully saturated rings. The van der Waals surface area contributed by atoms with Crippen molar-refractivity contribution in [3.8, 4) is 5.75 Å². The Balaban J connectivity index is 1.51. The van der Waals surface area contributed by atoms with E-state index in [1.807, 2.05) is 12.1 Å². The van der Waals surface area contributed by atoms with Crippen molar-refractivity contribution in [3.63, 3.8) is 0 Å². The fraction of sp³-hybridized carbons (Fsp3) is 0.417. The molecule has 2 aromatic rings. The molecule has 0 saturated carbocycles. The molecule has 0 aliphatic carbocycles. The molecule has 1 heterocycles. The van der Waals surface area contributed by atoms with Gasteiger partial charge in [-0.25, -0.2) is 8.42 Å². The number of anilines is 1. The molecule has 8 nitrogen and oxygen atoms in total. The van der Waals surface area contributed by atoms with Gasteiger partial charge in [-0.05, 0) is 74.1 Å². The highest BCUT2D eigenvalue weighted by atomic mass is 32.2. The third kappa shape index (κ3) is 6.79. The zero-order valence-corrected chi connectivity index (χ0v) is 20.0. The molecule has 2 amide bonds. The fourth-order valence-corrected chi connectivity index (χ4v) is 5.19. The van der Waals surface area contributed by atoms with Crippen molar-refractivity contribution in [1.29, 1.82) is 0 Å². The average Bonchev–Trinajstić information content (AvgIpc) is 2.79. The number of amides is 2. The van der Waals surface area contributed by atoms with Gasteiger partial charge in [0.2, 0.25) is 21.8 Å². The maximum absolute atomic E-state index is 12.9. The molecule has 1 aliphatic rings. The maximum atomic E-state index is 12.9.